The molecule has 5 nitrogen and oxygen atoms in total. The number of carbonyl (C=O) groups excluding carboxylic acids is 1. The Bertz CT molecular complexity index is 595. The fourth-order valence-electron chi connectivity index (χ4n) is 3.33. The van der Waals surface area contributed by atoms with Gasteiger partial charge in [0.2, 0.25) is 5.91 Å². The summed E-state index contributed by atoms with van der Waals surface area (Å²) in [5, 5.41) is 21.4. The third kappa shape index (κ3) is 2.05. The molecule has 3 N–H and O–H groups in total. The highest BCUT2D eigenvalue weighted by Crippen LogP contribution is 2.48. The van der Waals surface area contributed by atoms with Crippen molar-refractivity contribution in [1.29, 1.82) is 0 Å². The number of nitrogens with one attached hydrogen (secondary N) is 1. The molecule has 3 rings (SSSR count). The van der Waals surface area contributed by atoms with Crippen LogP contribution in [0.1, 0.15) is 6.42 Å². The van der Waals surface area contributed by atoms with E-state index in [0.29, 0.717) is 5.69 Å². The average Bonchev–Trinajstić information content (AvgIpc) is 2.98. The van der Waals surface area contributed by atoms with Crippen LogP contribution in [0.2, 0.25) is 0 Å². The SMILES string of the molecule is O=C(O)[C@@H]1C2C=CC(C2)[C@@H]1C(=O)Nc1cccc(O)c1. The Morgan fingerprint density at radius 3 is 2.50 bits per heavy atom. The van der Waals surface area contributed by atoms with Gasteiger partial charge in [0, 0.05) is 11.8 Å². The Morgan fingerprint density at radius 2 is 1.85 bits per heavy atom. The van der Waals surface area contributed by atoms with Crippen molar-refractivity contribution in [3.05, 3.63) is 36.4 Å². The number of anilines is 1. The molecule has 20 heavy (non-hydrogen) atoms. The van der Waals surface area contributed by atoms with Crippen LogP contribution < -0.4 is 5.32 Å². The number of carboxylic acids is 1. The largest absolute Gasteiger partial charge is 0.508 e. The lowest BCUT2D eigenvalue weighted by atomic mass is 9.82. The number of hydrogen-bond donors (Lipinski definition) is 3. The molecule has 0 radical (unpaired) electrons. The lowest BCUT2D eigenvalue weighted by Gasteiger charge is -2.23. The Balaban J connectivity index is 1.80. The summed E-state index contributed by atoms with van der Waals surface area (Å²) in [6.07, 6.45) is 4.58. The van der Waals surface area contributed by atoms with Gasteiger partial charge in [-0.05, 0) is 30.4 Å². The van der Waals surface area contributed by atoms with E-state index in [0.717, 1.165) is 6.42 Å². The summed E-state index contributed by atoms with van der Waals surface area (Å²) < 4.78 is 0. The van der Waals surface area contributed by atoms with Gasteiger partial charge < -0.3 is 15.5 Å². The minimum atomic E-state index is -0.919. The van der Waals surface area contributed by atoms with E-state index in [1.54, 1.807) is 12.1 Å². The number of benzene rings is 1. The summed E-state index contributed by atoms with van der Waals surface area (Å²) >= 11 is 0. The molecule has 1 aromatic carbocycles. The van der Waals surface area contributed by atoms with Gasteiger partial charge in [-0.15, -0.1) is 0 Å². The van der Waals surface area contributed by atoms with E-state index in [1.165, 1.54) is 12.1 Å². The van der Waals surface area contributed by atoms with Crippen molar-refractivity contribution in [1.82, 2.24) is 0 Å². The Labute approximate surface area is 115 Å². The number of hydrogen-bond acceptors (Lipinski definition) is 3. The highest BCUT2D eigenvalue weighted by atomic mass is 16.4. The quantitative estimate of drug-likeness (QED) is 0.733. The maximum absolute atomic E-state index is 12.3. The molecule has 0 spiro atoms. The number of amides is 1. The second-order valence-corrected chi connectivity index (χ2v) is 5.38. The molecule has 1 amide bonds. The van der Waals surface area contributed by atoms with Crippen LogP contribution in [-0.4, -0.2) is 22.1 Å². The van der Waals surface area contributed by atoms with Crippen molar-refractivity contribution in [2.75, 3.05) is 5.32 Å². The predicted octanol–water partition coefficient (Wildman–Crippen LogP) is 1.85. The molecular formula is C15H15NO4. The maximum atomic E-state index is 12.3. The molecule has 0 saturated heterocycles. The highest BCUT2D eigenvalue weighted by molar-refractivity contribution is 5.96. The van der Waals surface area contributed by atoms with E-state index >= 15 is 0 Å². The molecule has 2 aliphatic carbocycles. The van der Waals surface area contributed by atoms with Crippen LogP contribution in [-0.2, 0) is 9.59 Å². The lowest BCUT2D eigenvalue weighted by Crippen LogP contribution is -2.36. The van der Waals surface area contributed by atoms with Gasteiger partial charge in [0.1, 0.15) is 5.75 Å². The highest BCUT2D eigenvalue weighted by Gasteiger charge is 2.51. The van der Waals surface area contributed by atoms with Gasteiger partial charge in [-0.25, -0.2) is 0 Å². The first-order chi connectivity index (χ1) is 9.56. The van der Waals surface area contributed by atoms with E-state index < -0.39 is 17.8 Å². The van der Waals surface area contributed by atoms with Gasteiger partial charge in [0.05, 0.1) is 11.8 Å². The van der Waals surface area contributed by atoms with Gasteiger partial charge in [-0.3, -0.25) is 9.59 Å². The average molecular weight is 273 g/mol. The molecule has 0 aliphatic heterocycles. The van der Waals surface area contributed by atoms with Gasteiger partial charge in [-0.2, -0.15) is 0 Å². The second-order valence-electron chi connectivity index (χ2n) is 5.38. The minimum absolute atomic E-state index is 0.00147. The summed E-state index contributed by atoms with van der Waals surface area (Å²) in [7, 11) is 0. The summed E-state index contributed by atoms with van der Waals surface area (Å²) in [6.45, 7) is 0. The summed E-state index contributed by atoms with van der Waals surface area (Å²) in [5.74, 6) is -2.38. The number of phenolic OH excluding ortho intramolecular Hbond substituents is 1. The summed E-state index contributed by atoms with van der Waals surface area (Å²) in [6, 6.07) is 6.24. The van der Waals surface area contributed by atoms with Crippen molar-refractivity contribution in [2.45, 2.75) is 6.42 Å². The van der Waals surface area contributed by atoms with Gasteiger partial charge in [0.25, 0.3) is 0 Å². The predicted molar refractivity (Wildman–Crippen MR) is 72.1 cm³/mol. The van der Waals surface area contributed by atoms with Crippen LogP contribution >= 0.6 is 0 Å². The van der Waals surface area contributed by atoms with Crippen LogP contribution in [0.5, 0.6) is 5.75 Å². The zero-order valence-electron chi connectivity index (χ0n) is 10.7. The van der Waals surface area contributed by atoms with Crippen LogP contribution in [0, 0.1) is 23.7 Å². The van der Waals surface area contributed by atoms with Gasteiger partial charge in [0.15, 0.2) is 0 Å². The molecule has 0 heterocycles. The first-order valence-electron chi connectivity index (χ1n) is 6.57. The number of fused-ring (bicyclic) bond motifs is 2. The fraction of sp³-hybridized carbons (Fsp3) is 0.333. The topological polar surface area (TPSA) is 86.6 Å². The third-order valence-corrected chi connectivity index (χ3v) is 4.16. The molecule has 2 unspecified atom stereocenters. The number of aliphatic carboxylic acids is 1. The van der Waals surface area contributed by atoms with Gasteiger partial charge >= 0.3 is 5.97 Å². The van der Waals surface area contributed by atoms with E-state index in [1.807, 2.05) is 12.2 Å². The first-order valence-corrected chi connectivity index (χ1v) is 6.57. The molecule has 1 fully saturated rings. The molecule has 4 atom stereocenters. The standard InChI is InChI=1S/C15H15NO4/c17-11-3-1-2-10(7-11)16-14(18)12-8-4-5-9(6-8)13(12)15(19)20/h1-5,7-9,12-13,17H,6H2,(H,16,18)(H,19,20)/t8?,9?,12-,13+/m0/s1. The van der Waals surface area contributed by atoms with Crippen molar-refractivity contribution in [3.8, 4) is 5.75 Å². The van der Waals surface area contributed by atoms with E-state index in [9.17, 15) is 19.8 Å². The maximum Gasteiger partial charge on any atom is 0.307 e. The van der Waals surface area contributed by atoms with Crippen LogP contribution in [0.4, 0.5) is 5.69 Å². The number of carboxylic acid groups (broad SMARTS) is 1. The number of aromatic hydroxyl groups is 1. The number of rotatable bonds is 3. The minimum Gasteiger partial charge on any atom is -0.508 e. The Hall–Kier alpha value is -2.30. The van der Waals surface area contributed by atoms with Crippen molar-refractivity contribution in [3.63, 3.8) is 0 Å². The van der Waals surface area contributed by atoms with Crippen molar-refractivity contribution >= 4 is 17.6 Å². The van der Waals surface area contributed by atoms with E-state index in [2.05, 4.69) is 5.32 Å². The zero-order valence-corrected chi connectivity index (χ0v) is 10.7. The van der Waals surface area contributed by atoms with Crippen LogP contribution in [0.25, 0.3) is 0 Å². The fourth-order valence-corrected chi connectivity index (χ4v) is 3.33. The monoisotopic (exact) mass is 273 g/mol. The molecule has 104 valence electrons. The molecular weight excluding hydrogens is 258 g/mol. The number of phenols is 1. The normalized spacial score (nSPS) is 30.4. The third-order valence-electron chi connectivity index (χ3n) is 4.16. The van der Waals surface area contributed by atoms with Gasteiger partial charge in [-0.1, -0.05) is 18.2 Å². The second kappa shape index (κ2) is 4.67. The Kier molecular flexibility index (Phi) is 2.97. The van der Waals surface area contributed by atoms with Crippen LogP contribution in [0.3, 0.4) is 0 Å². The Morgan fingerprint density at radius 1 is 1.15 bits per heavy atom. The zero-order chi connectivity index (χ0) is 14.3. The molecule has 2 bridgehead atoms. The summed E-state index contributed by atoms with van der Waals surface area (Å²) in [4.78, 5) is 23.7. The molecule has 5 heteroatoms. The summed E-state index contributed by atoms with van der Waals surface area (Å²) in [5.41, 5.74) is 0.478. The van der Waals surface area contributed by atoms with Crippen molar-refractivity contribution < 1.29 is 19.8 Å². The number of carbonyl (C=O) groups is 2. The van der Waals surface area contributed by atoms with E-state index in [-0.39, 0.29) is 23.5 Å². The van der Waals surface area contributed by atoms with Crippen molar-refractivity contribution in [2.24, 2.45) is 23.7 Å². The molecule has 1 saturated carbocycles. The lowest BCUT2D eigenvalue weighted by molar-refractivity contribution is -0.146. The molecule has 2 aliphatic rings. The first kappa shape index (κ1) is 12.7. The molecule has 1 aromatic rings. The number of allylic oxidation sites excluding steroid dienone is 2. The molecule has 0 aromatic heterocycles. The van der Waals surface area contributed by atoms with E-state index in [4.69, 9.17) is 0 Å². The van der Waals surface area contributed by atoms with Crippen LogP contribution in [0.15, 0.2) is 36.4 Å². The smallest absolute Gasteiger partial charge is 0.307 e.